The Labute approximate surface area is 101 Å². The van der Waals surface area contributed by atoms with Crippen LogP contribution in [0.2, 0.25) is 0 Å². The van der Waals surface area contributed by atoms with Crippen molar-refractivity contribution in [2.24, 2.45) is 23.0 Å². The standard InChI is InChI=1S/C14H28N2/c1-11-7-12(2)9-16(8-11)10-14(3)6-4-5-13(14)15/h11-13H,4-10,15H2,1-3H3. The summed E-state index contributed by atoms with van der Waals surface area (Å²) in [4.78, 5) is 2.67. The average Bonchev–Trinajstić information content (AvgIpc) is 2.44. The number of hydrogen-bond acceptors (Lipinski definition) is 2. The Kier molecular flexibility index (Phi) is 3.60. The molecular weight excluding hydrogens is 196 g/mol. The van der Waals surface area contributed by atoms with Crippen LogP contribution in [0.25, 0.3) is 0 Å². The molecule has 0 aromatic carbocycles. The molecule has 0 aromatic heterocycles. The molecule has 1 aliphatic heterocycles. The highest BCUT2D eigenvalue weighted by atomic mass is 15.1. The summed E-state index contributed by atoms with van der Waals surface area (Å²) in [7, 11) is 0. The molecule has 94 valence electrons. The van der Waals surface area contributed by atoms with E-state index in [1.165, 1.54) is 45.3 Å². The number of nitrogens with zero attached hydrogens (tertiary/aromatic N) is 1. The second-order valence-corrected chi connectivity index (χ2v) is 6.79. The summed E-state index contributed by atoms with van der Waals surface area (Å²) in [6.07, 6.45) is 5.29. The summed E-state index contributed by atoms with van der Waals surface area (Å²) in [5.41, 5.74) is 6.66. The maximum Gasteiger partial charge on any atom is 0.0105 e. The predicted molar refractivity (Wildman–Crippen MR) is 69.3 cm³/mol. The van der Waals surface area contributed by atoms with Gasteiger partial charge in [-0.3, -0.25) is 0 Å². The van der Waals surface area contributed by atoms with Crippen molar-refractivity contribution >= 4 is 0 Å². The first kappa shape index (κ1) is 12.4. The minimum absolute atomic E-state index is 0.386. The fraction of sp³-hybridized carbons (Fsp3) is 1.00. The van der Waals surface area contributed by atoms with E-state index in [9.17, 15) is 0 Å². The SMILES string of the molecule is CC1CC(C)CN(CC2(C)CCCC2N)C1. The molecule has 2 nitrogen and oxygen atoms in total. The quantitative estimate of drug-likeness (QED) is 0.781. The maximum absolute atomic E-state index is 6.27. The van der Waals surface area contributed by atoms with Gasteiger partial charge < -0.3 is 10.6 Å². The summed E-state index contributed by atoms with van der Waals surface area (Å²) in [6, 6.07) is 0.431. The highest BCUT2D eigenvalue weighted by Gasteiger charge is 2.38. The van der Waals surface area contributed by atoms with Crippen LogP contribution in [0, 0.1) is 17.3 Å². The van der Waals surface area contributed by atoms with Gasteiger partial charge in [0.1, 0.15) is 0 Å². The number of rotatable bonds is 2. The minimum Gasteiger partial charge on any atom is -0.327 e. The van der Waals surface area contributed by atoms with Gasteiger partial charge in [-0.25, -0.2) is 0 Å². The van der Waals surface area contributed by atoms with E-state index in [-0.39, 0.29) is 0 Å². The lowest BCUT2D eigenvalue weighted by molar-refractivity contribution is 0.0850. The number of piperidine rings is 1. The third-order valence-electron chi connectivity index (χ3n) is 4.69. The van der Waals surface area contributed by atoms with E-state index in [4.69, 9.17) is 5.73 Å². The van der Waals surface area contributed by atoms with E-state index in [2.05, 4.69) is 25.7 Å². The lowest BCUT2D eigenvalue weighted by atomic mass is 9.82. The molecule has 1 heterocycles. The van der Waals surface area contributed by atoms with E-state index in [1.807, 2.05) is 0 Å². The molecule has 1 saturated carbocycles. The van der Waals surface area contributed by atoms with Crippen LogP contribution in [0.4, 0.5) is 0 Å². The molecule has 0 aromatic rings. The highest BCUT2D eigenvalue weighted by molar-refractivity contribution is 4.94. The van der Waals surface area contributed by atoms with Gasteiger partial charge >= 0.3 is 0 Å². The van der Waals surface area contributed by atoms with Crippen LogP contribution >= 0.6 is 0 Å². The minimum atomic E-state index is 0.386. The Morgan fingerprint density at radius 3 is 2.38 bits per heavy atom. The van der Waals surface area contributed by atoms with E-state index >= 15 is 0 Å². The van der Waals surface area contributed by atoms with Crippen LogP contribution < -0.4 is 5.73 Å². The van der Waals surface area contributed by atoms with Crippen molar-refractivity contribution in [2.45, 2.75) is 52.5 Å². The zero-order chi connectivity index (χ0) is 11.8. The van der Waals surface area contributed by atoms with Crippen molar-refractivity contribution < 1.29 is 0 Å². The van der Waals surface area contributed by atoms with Gasteiger partial charge in [-0.15, -0.1) is 0 Å². The van der Waals surface area contributed by atoms with Crippen LogP contribution in [-0.4, -0.2) is 30.6 Å². The molecule has 2 aliphatic rings. The molecule has 0 radical (unpaired) electrons. The monoisotopic (exact) mass is 224 g/mol. The smallest absolute Gasteiger partial charge is 0.0105 e. The zero-order valence-electron chi connectivity index (χ0n) is 11.2. The van der Waals surface area contributed by atoms with Gasteiger partial charge in [0, 0.05) is 25.7 Å². The Balaban J connectivity index is 1.93. The third kappa shape index (κ3) is 2.60. The van der Waals surface area contributed by atoms with Gasteiger partial charge in [-0.2, -0.15) is 0 Å². The van der Waals surface area contributed by atoms with Crippen molar-refractivity contribution in [3.8, 4) is 0 Å². The van der Waals surface area contributed by atoms with E-state index in [0.717, 1.165) is 11.8 Å². The van der Waals surface area contributed by atoms with Gasteiger partial charge in [0.15, 0.2) is 0 Å². The van der Waals surface area contributed by atoms with Gasteiger partial charge in [-0.05, 0) is 36.5 Å². The lowest BCUT2D eigenvalue weighted by Gasteiger charge is -2.41. The van der Waals surface area contributed by atoms with Gasteiger partial charge in [0.05, 0.1) is 0 Å². The maximum atomic E-state index is 6.27. The summed E-state index contributed by atoms with van der Waals surface area (Å²) >= 11 is 0. The first-order chi connectivity index (χ1) is 7.49. The molecule has 0 amide bonds. The molecule has 2 fully saturated rings. The number of nitrogens with two attached hydrogens (primary N) is 1. The normalized spacial score (nSPS) is 46.1. The van der Waals surface area contributed by atoms with Crippen LogP contribution in [0.1, 0.15) is 46.5 Å². The largest absolute Gasteiger partial charge is 0.327 e. The van der Waals surface area contributed by atoms with Crippen molar-refractivity contribution in [1.29, 1.82) is 0 Å². The topological polar surface area (TPSA) is 29.3 Å². The zero-order valence-corrected chi connectivity index (χ0v) is 11.2. The molecule has 0 bridgehead atoms. The summed E-state index contributed by atoms with van der Waals surface area (Å²) in [6.45, 7) is 11.0. The molecule has 0 spiro atoms. The van der Waals surface area contributed by atoms with E-state index in [1.54, 1.807) is 0 Å². The molecule has 2 rings (SSSR count). The van der Waals surface area contributed by atoms with Crippen LogP contribution in [0.3, 0.4) is 0 Å². The summed E-state index contributed by atoms with van der Waals surface area (Å²) in [5, 5.41) is 0. The Morgan fingerprint density at radius 1 is 1.25 bits per heavy atom. The predicted octanol–water partition coefficient (Wildman–Crippen LogP) is 2.48. The summed E-state index contributed by atoms with van der Waals surface area (Å²) < 4.78 is 0. The molecule has 4 unspecified atom stereocenters. The van der Waals surface area contributed by atoms with Crippen molar-refractivity contribution in [3.63, 3.8) is 0 Å². The van der Waals surface area contributed by atoms with Gasteiger partial charge in [-0.1, -0.05) is 27.2 Å². The number of likely N-dealkylation sites (tertiary alicyclic amines) is 1. The van der Waals surface area contributed by atoms with Gasteiger partial charge in [0.25, 0.3) is 0 Å². The van der Waals surface area contributed by atoms with Crippen molar-refractivity contribution in [3.05, 3.63) is 0 Å². The van der Waals surface area contributed by atoms with Crippen LogP contribution in [-0.2, 0) is 0 Å². The molecule has 1 saturated heterocycles. The van der Waals surface area contributed by atoms with E-state index in [0.29, 0.717) is 11.5 Å². The Morgan fingerprint density at radius 2 is 1.88 bits per heavy atom. The Bertz CT molecular complexity index is 231. The molecule has 2 N–H and O–H groups in total. The second kappa shape index (κ2) is 4.66. The number of hydrogen-bond donors (Lipinski definition) is 1. The van der Waals surface area contributed by atoms with Crippen molar-refractivity contribution in [1.82, 2.24) is 4.90 Å². The highest BCUT2D eigenvalue weighted by Crippen LogP contribution is 2.38. The van der Waals surface area contributed by atoms with E-state index < -0.39 is 0 Å². The fourth-order valence-electron chi connectivity index (χ4n) is 3.89. The summed E-state index contributed by atoms with van der Waals surface area (Å²) in [5.74, 6) is 1.73. The average molecular weight is 224 g/mol. The first-order valence-corrected chi connectivity index (χ1v) is 6.97. The Hall–Kier alpha value is -0.0800. The molecule has 2 heteroatoms. The van der Waals surface area contributed by atoms with Crippen LogP contribution in [0.15, 0.2) is 0 Å². The molecular formula is C14H28N2. The second-order valence-electron chi connectivity index (χ2n) is 6.79. The molecule has 16 heavy (non-hydrogen) atoms. The fourth-order valence-corrected chi connectivity index (χ4v) is 3.89. The van der Waals surface area contributed by atoms with Crippen molar-refractivity contribution in [2.75, 3.05) is 19.6 Å². The lowest BCUT2D eigenvalue weighted by Crippen LogP contribution is -2.48. The third-order valence-corrected chi connectivity index (χ3v) is 4.69. The molecule has 4 atom stereocenters. The molecule has 1 aliphatic carbocycles. The first-order valence-electron chi connectivity index (χ1n) is 6.97. The van der Waals surface area contributed by atoms with Gasteiger partial charge in [0.2, 0.25) is 0 Å². The van der Waals surface area contributed by atoms with Crippen LogP contribution in [0.5, 0.6) is 0 Å².